The number of hydrogen-bond donors (Lipinski definition) is 2. The summed E-state index contributed by atoms with van der Waals surface area (Å²) in [6.07, 6.45) is 4.25. The van der Waals surface area contributed by atoms with Crippen LogP contribution in [0.5, 0.6) is 0 Å². The molecule has 1 aromatic heterocycles. The lowest BCUT2D eigenvalue weighted by Crippen LogP contribution is -2.52. The number of amides is 5. The van der Waals surface area contributed by atoms with Gasteiger partial charge in [-0.1, -0.05) is 25.0 Å². The van der Waals surface area contributed by atoms with Crippen LogP contribution in [0.25, 0.3) is 0 Å². The number of imide groups is 1. The van der Waals surface area contributed by atoms with Crippen molar-refractivity contribution in [1.29, 1.82) is 5.26 Å². The molecule has 5 amide bonds. The van der Waals surface area contributed by atoms with Gasteiger partial charge in [0, 0.05) is 53.7 Å². The number of thiophene rings is 1. The zero-order valence-corrected chi connectivity index (χ0v) is 23.9. The fraction of sp³-hybridized carbons (Fsp3) is 0.448. The van der Waals surface area contributed by atoms with Crippen molar-refractivity contribution in [2.75, 3.05) is 5.88 Å². The Labute approximate surface area is 246 Å². The van der Waals surface area contributed by atoms with Gasteiger partial charge in [-0.25, -0.2) is 0 Å². The molecule has 0 radical (unpaired) electrons. The maximum atomic E-state index is 13.7. The summed E-state index contributed by atoms with van der Waals surface area (Å²) in [6, 6.07) is 7.36. The van der Waals surface area contributed by atoms with E-state index in [1.54, 1.807) is 23.6 Å². The van der Waals surface area contributed by atoms with Crippen LogP contribution in [0.1, 0.15) is 82.9 Å². The standard InChI is InChI=1S/C29H30ClN5O5S/c30-10-9-25(37)35(26(23-12-18(13-31)16-41-23)28(39)32-20-3-1-2-4-20)14-17-5-6-19-15-34(29(40)21(19)11-17)22-7-8-24(36)33-27(22)38/h5-6,11-12,16,20,22,26H,1-4,7-10,14-15H2,(H,32,39)(H,33,36,38). The van der Waals surface area contributed by atoms with E-state index in [9.17, 15) is 29.2 Å². The number of nitrogens with zero attached hydrogens (tertiary/aromatic N) is 3. The Bertz CT molecular complexity index is 1430. The first-order valence-electron chi connectivity index (χ1n) is 13.7. The van der Waals surface area contributed by atoms with Gasteiger partial charge in [0.2, 0.25) is 23.6 Å². The van der Waals surface area contributed by atoms with Crippen molar-refractivity contribution in [2.24, 2.45) is 0 Å². The Hall–Kier alpha value is -3.75. The average Bonchev–Trinajstić information content (AvgIpc) is 3.70. The van der Waals surface area contributed by atoms with E-state index in [0.717, 1.165) is 31.2 Å². The van der Waals surface area contributed by atoms with E-state index in [-0.39, 0.29) is 67.9 Å². The summed E-state index contributed by atoms with van der Waals surface area (Å²) in [6.45, 7) is 0.283. The lowest BCUT2D eigenvalue weighted by atomic mass is 10.0. The minimum absolute atomic E-state index is 0.0123. The van der Waals surface area contributed by atoms with E-state index in [2.05, 4.69) is 16.7 Å². The Morgan fingerprint density at radius 2 is 1.98 bits per heavy atom. The number of hydrogen-bond acceptors (Lipinski definition) is 7. The number of halogens is 1. The monoisotopic (exact) mass is 595 g/mol. The highest BCUT2D eigenvalue weighted by atomic mass is 35.5. The van der Waals surface area contributed by atoms with Gasteiger partial charge < -0.3 is 15.1 Å². The number of nitrogens with one attached hydrogen (secondary N) is 2. The van der Waals surface area contributed by atoms with Gasteiger partial charge in [0.25, 0.3) is 5.91 Å². The summed E-state index contributed by atoms with van der Waals surface area (Å²) in [5.41, 5.74) is 2.22. The minimum Gasteiger partial charge on any atom is -0.351 e. The molecule has 12 heteroatoms. The number of alkyl halides is 1. The predicted octanol–water partition coefficient (Wildman–Crippen LogP) is 3.14. The van der Waals surface area contributed by atoms with Crippen molar-refractivity contribution in [3.63, 3.8) is 0 Å². The summed E-state index contributed by atoms with van der Waals surface area (Å²) in [5, 5.41) is 16.5. The van der Waals surface area contributed by atoms with Crippen LogP contribution in [0.2, 0.25) is 0 Å². The molecular weight excluding hydrogens is 566 g/mol. The molecule has 5 rings (SSSR count). The van der Waals surface area contributed by atoms with Gasteiger partial charge in [-0.2, -0.15) is 5.26 Å². The predicted molar refractivity (Wildman–Crippen MR) is 151 cm³/mol. The van der Waals surface area contributed by atoms with Crippen molar-refractivity contribution in [3.8, 4) is 6.07 Å². The quantitative estimate of drug-likeness (QED) is 0.337. The second-order valence-corrected chi connectivity index (χ2v) is 11.9. The number of carbonyl (C=O) groups is 5. The first kappa shape index (κ1) is 28.8. The van der Waals surface area contributed by atoms with Crippen LogP contribution in [-0.4, -0.2) is 57.3 Å². The molecule has 3 aliphatic rings. The van der Waals surface area contributed by atoms with Crippen LogP contribution in [0.15, 0.2) is 29.6 Å². The molecule has 0 spiro atoms. The third-order valence-corrected chi connectivity index (χ3v) is 9.03. The fourth-order valence-corrected chi connectivity index (χ4v) is 6.88. The summed E-state index contributed by atoms with van der Waals surface area (Å²) in [5.74, 6) is -1.71. The molecule has 41 heavy (non-hydrogen) atoms. The van der Waals surface area contributed by atoms with Crippen molar-refractivity contribution in [3.05, 3.63) is 56.8 Å². The maximum Gasteiger partial charge on any atom is 0.255 e. The number of nitriles is 1. The molecule has 2 fully saturated rings. The first-order valence-corrected chi connectivity index (χ1v) is 15.1. The molecule has 1 saturated heterocycles. The van der Waals surface area contributed by atoms with Crippen molar-refractivity contribution in [2.45, 2.75) is 76.2 Å². The van der Waals surface area contributed by atoms with Gasteiger partial charge >= 0.3 is 0 Å². The third kappa shape index (κ3) is 6.14. The van der Waals surface area contributed by atoms with E-state index < -0.39 is 18.0 Å². The highest BCUT2D eigenvalue weighted by Crippen LogP contribution is 2.33. The summed E-state index contributed by atoms with van der Waals surface area (Å²) < 4.78 is 0. The van der Waals surface area contributed by atoms with Crippen molar-refractivity contribution >= 4 is 52.5 Å². The van der Waals surface area contributed by atoms with Crippen LogP contribution in [0.4, 0.5) is 0 Å². The highest BCUT2D eigenvalue weighted by molar-refractivity contribution is 7.10. The smallest absolute Gasteiger partial charge is 0.255 e. The molecule has 2 N–H and O–H groups in total. The molecule has 1 aliphatic carbocycles. The first-order chi connectivity index (χ1) is 19.8. The van der Waals surface area contributed by atoms with E-state index in [1.165, 1.54) is 21.1 Å². The molecule has 2 atom stereocenters. The van der Waals surface area contributed by atoms with Gasteiger partial charge in [-0.05, 0) is 42.5 Å². The lowest BCUT2D eigenvalue weighted by Gasteiger charge is -2.31. The van der Waals surface area contributed by atoms with E-state index in [1.807, 2.05) is 6.07 Å². The van der Waals surface area contributed by atoms with Gasteiger partial charge in [0.15, 0.2) is 0 Å². The number of fused-ring (bicyclic) bond motifs is 1. The van der Waals surface area contributed by atoms with Crippen LogP contribution in [-0.2, 0) is 32.3 Å². The average molecular weight is 596 g/mol. The largest absolute Gasteiger partial charge is 0.351 e. The van der Waals surface area contributed by atoms with E-state index >= 15 is 0 Å². The van der Waals surface area contributed by atoms with Crippen molar-refractivity contribution < 1.29 is 24.0 Å². The summed E-state index contributed by atoms with van der Waals surface area (Å²) in [4.78, 5) is 68.0. The maximum absolute atomic E-state index is 13.7. The van der Waals surface area contributed by atoms with Gasteiger partial charge in [0.1, 0.15) is 18.2 Å². The van der Waals surface area contributed by atoms with Crippen LogP contribution in [0, 0.1) is 11.3 Å². The zero-order valence-electron chi connectivity index (χ0n) is 22.4. The second kappa shape index (κ2) is 12.4. The Morgan fingerprint density at radius 1 is 1.20 bits per heavy atom. The molecule has 2 unspecified atom stereocenters. The van der Waals surface area contributed by atoms with Crippen LogP contribution >= 0.6 is 22.9 Å². The SMILES string of the molecule is N#Cc1csc(C(C(=O)NC2CCCC2)N(Cc2ccc3c(c2)C(=O)N(C2CCC(=O)NC2=O)C3)C(=O)CCCl)c1. The molecule has 1 aromatic carbocycles. The van der Waals surface area contributed by atoms with Crippen LogP contribution < -0.4 is 10.6 Å². The van der Waals surface area contributed by atoms with Gasteiger partial charge in [-0.15, -0.1) is 22.9 Å². The highest BCUT2D eigenvalue weighted by Gasteiger charge is 2.40. The second-order valence-electron chi connectivity index (χ2n) is 10.6. The van der Waals surface area contributed by atoms with E-state index in [0.29, 0.717) is 21.6 Å². The Kier molecular flexibility index (Phi) is 8.71. The van der Waals surface area contributed by atoms with Crippen molar-refractivity contribution in [1.82, 2.24) is 20.4 Å². The molecule has 0 bridgehead atoms. The molecule has 1 saturated carbocycles. The fourth-order valence-electron chi connectivity index (χ4n) is 5.77. The summed E-state index contributed by atoms with van der Waals surface area (Å²) in [7, 11) is 0. The number of piperidine rings is 1. The Morgan fingerprint density at radius 3 is 2.66 bits per heavy atom. The molecule has 2 aromatic rings. The van der Waals surface area contributed by atoms with Gasteiger partial charge in [0.05, 0.1) is 5.56 Å². The molecule has 3 heterocycles. The summed E-state index contributed by atoms with van der Waals surface area (Å²) >= 11 is 7.20. The minimum atomic E-state index is -0.970. The molecule has 214 valence electrons. The number of carbonyl (C=O) groups excluding carboxylic acids is 5. The Balaban J connectivity index is 1.43. The molecular formula is C29H30ClN5O5S. The topological polar surface area (TPSA) is 140 Å². The molecule has 2 aliphatic heterocycles. The third-order valence-electron chi connectivity index (χ3n) is 7.85. The number of benzene rings is 1. The van der Waals surface area contributed by atoms with Crippen LogP contribution in [0.3, 0.4) is 0 Å². The lowest BCUT2D eigenvalue weighted by molar-refractivity contribution is -0.141. The van der Waals surface area contributed by atoms with E-state index in [4.69, 9.17) is 11.6 Å². The van der Waals surface area contributed by atoms with Gasteiger partial charge in [-0.3, -0.25) is 29.3 Å². The normalized spacial score (nSPS) is 19.5. The zero-order chi connectivity index (χ0) is 29.1. The number of rotatable bonds is 9. The molecule has 10 nitrogen and oxygen atoms in total.